The molecule has 0 saturated carbocycles. The molecule has 0 fully saturated rings. The number of carbonyl (C=O) groups excluding carboxylic acids is 1. The van der Waals surface area contributed by atoms with E-state index < -0.39 is 0 Å². The predicted octanol–water partition coefficient (Wildman–Crippen LogP) is 2.40. The standard InChI is InChI=1S/C13H18N2O/c1-9(10(2)14)8-12-4-6-13(7-5-12)15-11(3)16/h4-8,10H,14H2,1-3H3,(H,15,16)/b9-8+. The van der Waals surface area contributed by atoms with E-state index in [9.17, 15) is 4.79 Å². The normalized spacial score (nSPS) is 13.4. The Bertz CT molecular complexity index is 391. The van der Waals surface area contributed by atoms with Crippen molar-refractivity contribution >= 4 is 17.7 Å². The van der Waals surface area contributed by atoms with Gasteiger partial charge in [-0.05, 0) is 31.5 Å². The summed E-state index contributed by atoms with van der Waals surface area (Å²) in [4.78, 5) is 10.8. The topological polar surface area (TPSA) is 55.1 Å². The van der Waals surface area contributed by atoms with Crippen molar-refractivity contribution in [3.63, 3.8) is 0 Å². The van der Waals surface area contributed by atoms with Crippen molar-refractivity contribution in [1.82, 2.24) is 0 Å². The first-order valence-electron chi connectivity index (χ1n) is 5.30. The number of carbonyl (C=O) groups is 1. The van der Waals surface area contributed by atoms with E-state index in [1.54, 1.807) is 0 Å². The van der Waals surface area contributed by atoms with E-state index in [1.165, 1.54) is 6.92 Å². The molecule has 0 heterocycles. The second kappa shape index (κ2) is 5.47. The van der Waals surface area contributed by atoms with Gasteiger partial charge in [0.25, 0.3) is 0 Å². The number of hydrogen-bond acceptors (Lipinski definition) is 2. The average Bonchev–Trinajstić information content (AvgIpc) is 2.20. The summed E-state index contributed by atoms with van der Waals surface area (Å²) in [6.07, 6.45) is 2.04. The molecule has 3 nitrogen and oxygen atoms in total. The molecule has 1 aromatic carbocycles. The smallest absolute Gasteiger partial charge is 0.221 e. The van der Waals surface area contributed by atoms with Gasteiger partial charge in [-0.2, -0.15) is 0 Å². The van der Waals surface area contributed by atoms with Crippen LogP contribution in [-0.2, 0) is 4.79 Å². The Morgan fingerprint density at radius 3 is 2.31 bits per heavy atom. The molecule has 0 aliphatic heterocycles. The second-order valence-electron chi connectivity index (χ2n) is 3.98. The van der Waals surface area contributed by atoms with Crippen molar-refractivity contribution in [3.8, 4) is 0 Å². The summed E-state index contributed by atoms with van der Waals surface area (Å²) in [6, 6.07) is 7.73. The summed E-state index contributed by atoms with van der Waals surface area (Å²) in [5, 5.41) is 2.72. The molecule has 1 atom stereocenters. The minimum Gasteiger partial charge on any atom is -0.326 e. The van der Waals surface area contributed by atoms with E-state index in [-0.39, 0.29) is 11.9 Å². The molecule has 0 bridgehead atoms. The van der Waals surface area contributed by atoms with Gasteiger partial charge in [-0.3, -0.25) is 4.79 Å². The zero-order valence-electron chi connectivity index (χ0n) is 9.95. The highest BCUT2D eigenvalue weighted by atomic mass is 16.1. The Kier molecular flexibility index (Phi) is 4.26. The van der Waals surface area contributed by atoms with Crippen LogP contribution in [0.15, 0.2) is 29.8 Å². The maximum atomic E-state index is 10.8. The van der Waals surface area contributed by atoms with Crippen LogP contribution >= 0.6 is 0 Å². The van der Waals surface area contributed by atoms with Gasteiger partial charge in [-0.15, -0.1) is 0 Å². The maximum Gasteiger partial charge on any atom is 0.221 e. The van der Waals surface area contributed by atoms with E-state index in [1.807, 2.05) is 44.2 Å². The Balaban J connectivity index is 2.79. The minimum atomic E-state index is -0.0601. The van der Waals surface area contributed by atoms with Gasteiger partial charge in [-0.1, -0.05) is 23.8 Å². The molecule has 1 aromatic rings. The molecular weight excluding hydrogens is 200 g/mol. The van der Waals surface area contributed by atoms with Crippen LogP contribution in [0.3, 0.4) is 0 Å². The minimum absolute atomic E-state index is 0.0601. The van der Waals surface area contributed by atoms with Crippen molar-refractivity contribution in [1.29, 1.82) is 0 Å². The Labute approximate surface area is 96.3 Å². The van der Waals surface area contributed by atoms with Gasteiger partial charge in [0.2, 0.25) is 5.91 Å². The van der Waals surface area contributed by atoms with Crippen LogP contribution < -0.4 is 11.1 Å². The highest BCUT2D eigenvalue weighted by molar-refractivity contribution is 5.88. The third-order valence-electron chi connectivity index (χ3n) is 2.34. The van der Waals surface area contributed by atoms with Gasteiger partial charge in [0.15, 0.2) is 0 Å². The highest BCUT2D eigenvalue weighted by Crippen LogP contribution is 2.13. The zero-order valence-corrected chi connectivity index (χ0v) is 9.95. The van der Waals surface area contributed by atoms with Crippen molar-refractivity contribution < 1.29 is 4.79 Å². The monoisotopic (exact) mass is 218 g/mol. The molecule has 3 N–H and O–H groups in total. The molecule has 1 unspecified atom stereocenters. The fourth-order valence-electron chi connectivity index (χ4n) is 1.26. The third kappa shape index (κ3) is 3.87. The molecule has 0 aromatic heterocycles. The van der Waals surface area contributed by atoms with Gasteiger partial charge in [-0.25, -0.2) is 0 Å². The summed E-state index contributed by atoms with van der Waals surface area (Å²) in [5.41, 5.74) is 8.78. The number of rotatable bonds is 3. The fourth-order valence-corrected chi connectivity index (χ4v) is 1.26. The van der Waals surface area contributed by atoms with Crippen molar-refractivity contribution in [3.05, 3.63) is 35.4 Å². The van der Waals surface area contributed by atoms with E-state index >= 15 is 0 Å². The maximum absolute atomic E-state index is 10.8. The first-order valence-corrected chi connectivity index (χ1v) is 5.30. The molecule has 16 heavy (non-hydrogen) atoms. The highest BCUT2D eigenvalue weighted by Gasteiger charge is 1.98. The van der Waals surface area contributed by atoms with E-state index in [4.69, 9.17) is 5.73 Å². The number of anilines is 1. The molecule has 1 rings (SSSR count). The zero-order chi connectivity index (χ0) is 12.1. The van der Waals surface area contributed by atoms with Gasteiger partial charge in [0.05, 0.1) is 0 Å². The molecule has 0 saturated heterocycles. The number of nitrogens with two attached hydrogens (primary N) is 1. The van der Waals surface area contributed by atoms with E-state index in [0.29, 0.717) is 0 Å². The summed E-state index contributed by atoms with van der Waals surface area (Å²) in [6.45, 7) is 5.46. The molecule has 86 valence electrons. The first-order chi connectivity index (χ1) is 7.49. The van der Waals surface area contributed by atoms with Crippen molar-refractivity contribution in [2.75, 3.05) is 5.32 Å². The van der Waals surface area contributed by atoms with Gasteiger partial charge >= 0.3 is 0 Å². The van der Waals surface area contributed by atoms with Gasteiger partial charge in [0.1, 0.15) is 0 Å². The SMILES string of the molecule is CC(=O)Nc1ccc(/C=C(\C)C(C)N)cc1. The van der Waals surface area contributed by atoms with Crippen LogP contribution in [0.5, 0.6) is 0 Å². The van der Waals surface area contributed by atoms with Crippen molar-refractivity contribution in [2.45, 2.75) is 26.8 Å². The number of benzene rings is 1. The molecule has 1 amide bonds. The largest absolute Gasteiger partial charge is 0.326 e. The lowest BCUT2D eigenvalue weighted by atomic mass is 10.1. The molecule has 3 heteroatoms. The number of hydrogen-bond donors (Lipinski definition) is 2. The molecule has 0 spiro atoms. The van der Waals surface area contributed by atoms with Crippen LogP contribution in [0.25, 0.3) is 6.08 Å². The Hall–Kier alpha value is -1.61. The first kappa shape index (κ1) is 12.5. The average molecular weight is 218 g/mol. The number of nitrogens with one attached hydrogen (secondary N) is 1. The Morgan fingerprint density at radius 2 is 1.88 bits per heavy atom. The molecule has 0 aliphatic carbocycles. The lowest BCUT2D eigenvalue weighted by Gasteiger charge is -2.06. The van der Waals surface area contributed by atoms with Crippen LogP contribution in [0.2, 0.25) is 0 Å². The van der Waals surface area contributed by atoms with E-state index in [2.05, 4.69) is 5.32 Å². The third-order valence-corrected chi connectivity index (χ3v) is 2.34. The molecule has 0 radical (unpaired) electrons. The Morgan fingerprint density at radius 1 is 1.31 bits per heavy atom. The van der Waals surface area contributed by atoms with Crippen LogP contribution in [0.4, 0.5) is 5.69 Å². The van der Waals surface area contributed by atoms with Gasteiger partial charge < -0.3 is 11.1 Å². The lowest BCUT2D eigenvalue weighted by molar-refractivity contribution is -0.114. The van der Waals surface area contributed by atoms with Crippen LogP contribution in [-0.4, -0.2) is 11.9 Å². The fraction of sp³-hybridized carbons (Fsp3) is 0.308. The van der Waals surface area contributed by atoms with Gasteiger partial charge in [0, 0.05) is 18.7 Å². The van der Waals surface area contributed by atoms with Crippen molar-refractivity contribution in [2.24, 2.45) is 5.73 Å². The lowest BCUT2D eigenvalue weighted by Crippen LogP contribution is -2.15. The second-order valence-corrected chi connectivity index (χ2v) is 3.98. The summed E-state index contributed by atoms with van der Waals surface area (Å²) in [5.74, 6) is -0.0601. The van der Waals surface area contributed by atoms with Crippen LogP contribution in [0, 0.1) is 0 Å². The van der Waals surface area contributed by atoms with Crippen LogP contribution in [0.1, 0.15) is 26.3 Å². The summed E-state index contributed by atoms with van der Waals surface area (Å²) in [7, 11) is 0. The number of amides is 1. The van der Waals surface area contributed by atoms with E-state index in [0.717, 1.165) is 16.8 Å². The molecule has 0 aliphatic rings. The predicted molar refractivity (Wildman–Crippen MR) is 68.0 cm³/mol. The molecular formula is C13H18N2O. The summed E-state index contributed by atoms with van der Waals surface area (Å²) < 4.78 is 0. The quantitative estimate of drug-likeness (QED) is 0.818. The summed E-state index contributed by atoms with van der Waals surface area (Å²) >= 11 is 0.